The second-order valence-electron chi connectivity index (χ2n) is 6.03. The molecule has 0 saturated carbocycles. The van der Waals surface area contributed by atoms with Crippen LogP contribution in [-0.2, 0) is 9.47 Å². The number of ether oxygens (including phenoxy) is 3. The van der Waals surface area contributed by atoms with Crippen LogP contribution in [0.15, 0.2) is 24.7 Å². The lowest BCUT2D eigenvalue weighted by molar-refractivity contribution is 0.0605. The maximum absolute atomic E-state index is 12.0. The van der Waals surface area contributed by atoms with Gasteiger partial charge in [-0.05, 0) is 24.6 Å². The van der Waals surface area contributed by atoms with Crippen LogP contribution in [0, 0.1) is 6.92 Å². The summed E-state index contributed by atoms with van der Waals surface area (Å²) < 4.78 is 16.2. The lowest BCUT2D eigenvalue weighted by Crippen LogP contribution is -2.17. The highest BCUT2D eigenvalue weighted by molar-refractivity contribution is 7.20. The van der Waals surface area contributed by atoms with Crippen LogP contribution < -0.4 is 10.1 Å². The zero-order valence-electron chi connectivity index (χ0n) is 14.9. The summed E-state index contributed by atoms with van der Waals surface area (Å²) in [5.74, 6) is 0.693. The maximum atomic E-state index is 12.0. The Kier molecular flexibility index (Phi) is 4.87. The molecule has 4 heterocycles. The van der Waals surface area contributed by atoms with E-state index in [1.807, 2.05) is 19.1 Å². The molecule has 4 rings (SSSR count). The number of aryl methyl sites for hydroxylation is 1. The van der Waals surface area contributed by atoms with E-state index in [1.165, 1.54) is 24.8 Å². The van der Waals surface area contributed by atoms with Gasteiger partial charge in [0.1, 0.15) is 33.6 Å². The number of methoxy groups -OCH3 is 1. The standard InChI is InChI=1S/C18H18N4O4S/c1-10-13-15(20-9-21-17(13)27-14(10)18(23)24-2)22-12-4-3-6-19-16(12)26-11-5-7-25-8-11/h3-4,6,9,11H,5,7-8H2,1-2H3,(H,20,21,22)/t11-/m1/s1. The van der Waals surface area contributed by atoms with Gasteiger partial charge in [-0.1, -0.05) is 0 Å². The van der Waals surface area contributed by atoms with Crippen LogP contribution in [0.3, 0.4) is 0 Å². The average Bonchev–Trinajstić information content (AvgIpc) is 3.31. The summed E-state index contributed by atoms with van der Waals surface area (Å²) in [6.07, 6.45) is 3.96. The van der Waals surface area contributed by atoms with E-state index < -0.39 is 0 Å². The minimum absolute atomic E-state index is 0.0142. The fourth-order valence-corrected chi connectivity index (χ4v) is 3.99. The molecule has 0 amide bonds. The van der Waals surface area contributed by atoms with Gasteiger partial charge in [0.15, 0.2) is 0 Å². The van der Waals surface area contributed by atoms with E-state index in [0.29, 0.717) is 40.3 Å². The highest BCUT2D eigenvalue weighted by atomic mass is 32.1. The quantitative estimate of drug-likeness (QED) is 0.669. The van der Waals surface area contributed by atoms with Gasteiger partial charge in [-0.3, -0.25) is 0 Å². The number of nitrogens with one attached hydrogen (secondary N) is 1. The van der Waals surface area contributed by atoms with Crippen molar-refractivity contribution in [1.82, 2.24) is 15.0 Å². The number of pyridine rings is 1. The highest BCUT2D eigenvalue weighted by Crippen LogP contribution is 2.36. The number of carbonyl (C=O) groups excluding carboxylic acids is 1. The Balaban J connectivity index is 1.70. The van der Waals surface area contributed by atoms with Crippen molar-refractivity contribution < 1.29 is 19.0 Å². The molecule has 8 nitrogen and oxygen atoms in total. The smallest absolute Gasteiger partial charge is 0.348 e. The monoisotopic (exact) mass is 386 g/mol. The van der Waals surface area contributed by atoms with Crippen molar-refractivity contribution in [1.29, 1.82) is 0 Å². The number of esters is 1. The highest BCUT2D eigenvalue weighted by Gasteiger charge is 2.22. The summed E-state index contributed by atoms with van der Waals surface area (Å²) in [4.78, 5) is 26.2. The second kappa shape index (κ2) is 7.45. The van der Waals surface area contributed by atoms with Crippen LogP contribution in [0.4, 0.5) is 11.5 Å². The van der Waals surface area contributed by atoms with Crippen molar-refractivity contribution >= 4 is 39.0 Å². The number of hydrogen-bond donors (Lipinski definition) is 1. The third kappa shape index (κ3) is 3.43. The average molecular weight is 386 g/mol. The number of aromatic nitrogens is 3. The van der Waals surface area contributed by atoms with Crippen LogP contribution in [0.5, 0.6) is 5.88 Å². The lowest BCUT2D eigenvalue weighted by atomic mass is 10.2. The topological polar surface area (TPSA) is 95.5 Å². The van der Waals surface area contributed by atoms with Gasteiger partial charge in [-0.2, -0.15) is 0 Å². The summed E-state index contributed by atoms with van der Waals surface area (Å²) in [7, 11) is 1.36. The zero-order valence-corrected chi connectivity index (χ0v) is 15.7. The molecule has 1 atom stereocenters. The van der Waals surface area contributed by atoms with Gasteiger partial charge >= 0.3 is 5.97 Å². The molecule has 140 valence electrons. The summed E-state index contributed by atoms with van der Waals surface area (Å²) in [6, 6.07) is 3.69. The van der Waals surface area contributed by atoms with Crippen molar-refractivity contribution in [2.24, 2.45) is 0 Å². The van der Waals surface area contributed by atoms with Crippen molar-refractivity contribution in [3.05, 3.63) is 35.1 Å². The fourth-order valence-electron chi connectivity index (χ4n) is 2.92. The first-order valence-electron chi connectivity index (χ1n) is 8.46. The van der Waals surface area contributed by atoms with E-state index in [9.17, 15) is 4.79 Å². The molecule has 0 aromatic carbocycles. The number of anilines is 2. The Morgan fingerprint density at radius 2 is 2.26 bits per heavy atom. The van der Waals surface area contributed by atoms with Crippen molar-refractivity contribution in [3.63, 3.8) is 0 Å². The number of fused-ring (bicyclic) bond motifs is 1. The van der Waals surface area contributed by atoms with Gasteiger partial charge in [-0.15, -0.1) is 11.3 Å². The van der Waals surface area contributed by atoms with Gasteiger partial charge < -0.3 is 19.5 Å². The molecule has 1 aliphatic heterocycles. The molecule has 1 N–H and O–H groups in total. The first kappa shape index (κ1) is 17.6. The SMILES string of the molecule is COC(=O)c1sc2ncnc(Nc3cccnc3O[C@@H]3CCOC3)c2c1C. The fraction of sp³-hybridized carbons (Fsp3) is 0.333. The number of rotatable bonds is 5. The Morgan fingerprint density at radius 1 is 1.37 bits per heavy atom. The molecule has 1 saturated heterocycles. The molecule has 3 aromatic heterocycles. The van der Waals surface area contributed by atoms with Crippen molar-refractivity contribution in [2.75, 3.05) is 25.6 Å². The van der Waals surface area contributed by atoms with Gasteiger partial charge in [0.2, 0.25) is 5.88 Å². The molecule has 3 aromatic rings. The summed E-state index contributed by atoms with van der Waals surface area (Å²) in [6.45, 7) is 3.10. The molecule has 1 aliphatic rings. The van der Waals surface area contributed by atoms with Gasteiger partial charge in [-0.25, -0.2) is 19.7 Å². The second-order valence-corrected chi connectivity index (χ2v) is 7.03. The predicted octanol–water partition coefficient (Wildman–Crippen LogP) is 3.09. The van der Waals surface area contributed by atoms with Crippen molar-refractivity contribution in [2.45, 2.75) is 19.4 Å². The molecule has 9 heteroatoms. The molecule has 0 unspecified atom stereocenters. The van der Waals surface area contributed by atoms with E-state index in [0.717, 1.165) is 17.4 Å². The van der Waals surface area contributed by atoms with Gasteiger partial charge in [0.05, 0.1) is 25.7 Å². The molecule has 0 aliphatic carbocycles. The molecule has 0 spiro atoms. The van der Waals surface area contributed by atoms with E-state index >= 15 is 0 Å². The molecule has 1 fully saturated rings. The minimum Gasteiger partial charge on any atom is -0.470 e. The van der Waals surface area contributed by atoms with Crippen molar-refractivity contribution in [3.8, 4) is 5.88 Å². The predicted molar refractivity (Wildman–Crippen MR) is 101 cm³/mol. The Morgan fingerprint density at radius 3 is 3.04 bits per heavy atom. The first-order valence-corrected chi connectivity index (χ1v) is 9.28. The third-order valence-electron chi connectivity index (χ3n) is 4.29. The summed E-state index contributed by atoms with van der Waals surface area (Å²) in [5, 5.41) is 4.06. The minimum atomic E-state index is -0.381. The number of thiophene rings is 1. The van der Waals surface area contributed by atoms with E-state index in [2.05, 4.69) is 20.3 Å². The lowest BCUT2D eigenvalue weighted by Gasteiger charge is -2.15. The Bertz CT molecular complexity index is 985. The van der Waals surface area contributed by atoms with Crippen LogP contribution >= 0.6 is 11.3 Å². The van der Waals surface area contributed by atoms with Crippen LogP contribution in [0.2, 0.25) is 0 Å². The van der Waals surface area contributed by atoms with E-state index in [4.69, 9.17) is 14.2 Å². The first-order chi connectivity index (χ1) is 13.2. The van der Waals surface area contributed by atoms with Gasteiger partial charge in [0, 0.05) is 12.6 Å². The molecule has 0 bridgehead atoms. The molecule has 0 radical (unpaired) electrons. The largest absolute Gasteiger partial charge is 0.470 e. The molecule has 27 heavy (non-hydrogen) atoms. The number of nitrogens with zero attached hydrogens (tertiary/aromatic N) is 3. The zero-order chi connectivity index (χ0) is 18.8. The van der Waals surface area contributed by atoms with E-state index in [1.54, 1.807) is 6.20 Å². The Hall–Kier alpha value is -2.78. The summed E-state index contributed by atoms with van der Waals surface area (Å²) >= 11 is 1.28. The number of hydrogen-bond acceptors (Lipinski definition) is 9. The third-order valence-corrected chi connectivity index (χ3v) is 5.47. The van der Waals surface area contributed by atoms with Crippen LogP contribution in [0.1, 0.15) is 21.7 Å². The van der Waals surface area contributed by atoms with Gasteiger partial charge in [0.25, 0.3) is 0 Å². The molecular formula is C18H18N4O4S. The van der Waals surface area contributed by atoms with Crippen LogP contribution in [-0.4, -0.2) is 47.3 Å². The molecular weight excluding hydrogens is 368 g/mol. The maximum Gasteiger partial charge on any atom is 0.348 e. The number of carbonyl (C=O) groups is 1. The normalized spacial score (nSPS) is 16.4. The summed E-state index contributed by atoms with van der Waals surface area (Å²) in [5.41, 5.74) is 1.47. The van der Waals surface area contributed by atoms with Crippen LogP contribution in [0.25, 0.3) is 10.2 Å². The van der Waals surface area contributed by atoms with E-state index in [-0.39, 0.29) is 12.1 Å². The Labute approximate surface area is 159 Å².